The van der Waals surface area contributed by atoms with Crippen LogP contribution in [0.15, 0.2) is 164 Å². The van der Waals surface area contributed by atoms with E-state index >= 15 is 0 Å². The Kier molecular flexibility index (Phi) is 7.45. The first-order valence-corrected chi connectivity index (χ1v) is 17.8. The molecule has 4 heteroatoms. The van der Waals surface area contributed by atoms with Crippen LogP contribution in [0.3, 0.4) is 0 Å². The second-order valence-electron chi connectivity index (χ2n) is 12.6. The Hall–Kier alpha value is -6.10. The van der Waals surface area contributed by atoms with Gasteiger partial charge in [0.2, 0.25) is 0 Å². The van der Waals surface area contributed by atoms with Crippen LogP contribution >= 0.6 is 11.3 Å². The van der Waals surface area contributed by atoms with Crippen LogP contribution in [0.5, 0.6) is 0 Å². The zero-order chi connectivity index (χ0) is 33.6. The van der Waals surface area contributed by atoms with E-state index in [9.17, 15) is 0 Å². The van der Waals surface area contributed by atoms with Crippen molar-refractivity contribution < 1.29 is 0 Å². The fraction of sp³-hybridized carbons (Fsp3) is 0.0435. The number of rotatable bonds is 6. The van der Waals surface area contributed by atoms with Gasteiger partial charge >= 0.3 is 0 Å². The van der Waals surface area contributed by atoms with Gasteiger partial charge in [-0.05, 0) is 79.6 Å². The third-order valence-electron chi connectivity index (χ3n) is 9.48. The van der Waals surface area contributed by atoms with Crippen molar-refractivity contribution in [3.05, 3.63) is 164 Å². The second kappa shape index (κ2) is 12.4. The lowest BCUT2D eigenvalue weighted by Crippen LogP contribution is -1.95. The molecule has 0 radical (unpaired) electrons. The van der Waals surface area contributed by atoms with Crippen LogP contribution in [0.4, 0.5) is 0 Å². The van der Waals surface area contributed by atoms with Crippen molar-refractivity contribution in [2.24, 2.45) is 0 Å². The van der Waals surface area contributed by atoms with Gasteiger partial charge < -0.3 is 4.57 Å². The van der Waals surface area contributed by atoms with Gasteiger partial charge in [0, 0.05) is 53.3 Å². The zero-order valence-corrected chi connectivity index (χ0v) is 28.7. The van der Waals surface area contributed by atoms with Gasteiger partial charge in [-0.1, -0.05) is 109 Å². The molecule has 0 saturated heterocycles. The van der Waals surface area contributed by atoms with Crippen LogP contribution in [-0.2, 0) is 0 Å². The number of allylic oxidation sites excluding steroid dienone is 4. The van der Waals surface area contributed by atoms with E-state index < -0.39 is 0 Å². The molecule has 0 spiro atoms. The molecule has 0 aliphatic carbocycles. The number of hydrogen-bond acceptors (Lipinski definition) is 3. The summed E-state index contributed by atoms with van der Waals surface area (Å²) in [6, 6.07) is 52.0. The van der Waals surface area contributed by atoms with Crippen molar-refractivity contribution in [2.45, 2.75) is 13.8 Å². The largest absolute Gasteiger partial charge is 0.313 e. The predicted octanol–water partition coefficient (Wildman–Crippen LogP) is 13.1. The number of nitrogens with zero attached hydrogens (tertiary/aromatic N) is 3. The fourth-order valence-electron chi connectivity index (χ4n) is 7.03. The summed E-state index contributed by atoms with van der Waals surface area (Å²) in [5.41, 5.74) is 11.0. The number of aromatic nitrogens is 3. The van der Waals surface area contributed by atoms with Crippen LogP contribution in [0.25, 0.3) is 92.7 Å². The van der Waals surface area contributed by atoms with Gasteiger partial charge in [-0.3, -0.25) is 0 Å². The molecule has 0 N–H and O–H groups in total. The monoisotopic (exact) mass is 659 g/mol. The highest BCUT2D eigenvalue weighted by Gasteiger charge is 2.15. The Morgan fingerprint density at radius 1 is 0.520 bits per heavy atom. The maximum atomic E-state index is 5.10. The lowest BCUT2D eigenvalue weighted by atomic mass is 9.99. The van der Waals surface area contributed by atoms with Crippen molar-refractivity contribution in [3.63, 3.8) is 0 Å². The molecule has 6 aromatic carbocycles. The predicted molar refractivity (Wildman–Crippen MR) is 214 cm³/mol. The Morgan fingerprint density at radius 2 is 1.08 bits per heavy atom. The fourth-order valence-corrected chi connectivity index (χ4v) is 8.09. The van der Waals surface area contributed by atoms with E-state index in [4.69, 9.17) is 9.97 Å². The molecule has 50 heavy (non-hydrogen) atoms. The van der Waals surface area contributed by atoms with Crippen LogP contribution in [0, 0.1) is 0 Å². The van der Waals surface area contributed by atoms with Gasteiger partial charge in [0.15, 0.2) is 5.82 Å². The minimum Gasteiger partial charge on any atom is -0.313 e. The van der Waals surface area contributed by atoms with Gasteiger partial charge in [-0.25, -0.2) is 9.97 Å². The van der Waals surface area contributed by atoms with Crippen LogP contribution in [0.2, 0.25) is 0 Å². The number of hydrogen-bond donors (Lipinski definition) is 0. The van der Waals surface area contributed by atoms with Gasteiger partial charge in [0.1, 0.15) is 0 Å². The molecule has 0 saturated carbocycles. The van der Waals surface area contributed by atoms with E-state index in [0.29, 0.717) is 0 Å². The maximum Gasteiger partial charge on any atom is 0.160 e. The van der Waals surface area contributed by atoms with Crippen molar-refractivity contribution >= 4 is 59.0 Å². The summed E-state index contributed by atoms with van der Waals surface area (Å²) in [6.07, 6.45) is 6.35. The number of benzene rings is 6. The molecule has 0 atom stereocenters. The second-order valence-corrected chi connectivity index (χ2v) is 13.7. The summed E-state index contributed by atoms with van der Waals surface area (Å²) in [5, 5.41) is 5.03. The van der Waals surface area contributed by atoms with E-state index in [-0.39, 0.29) is 0 Å². The van der Waals surface area contributed by atoms with E-state index in [1.807, 2.05) is 35.6 Å². The van der Waals surface area contributed by atoms with E-state index in [1.54, 1.807) is 0 Å². The Morgan fingerprint density at radius 3 is 1.80 bits per heavy atom. The van der Waals surface area contributed by atoms with Gasteiger partial charge in [-0.15, -0.1) is 11.3 Å². The highest BCUT2D eigenvalue weighted by Crippen LogP contribution is 2.40. The maximum absolute atomic E-state index is 5.10. The van der Waals surface area contributed by atoms with Crippen molar-refractivity contribution in [1.29, 1.82) is 0 Å². The molecule has 9 rings (SSSR count). The van der Waals surface area contributed by atoms with E-state index in [0.717, 1.165) is 33.9 Å². The topological polar surface area (TPSA) is 30.7 Å². The number of fused-ring (bicyclic) bond motifs is 6. The Bertz CT molecular complexity index is 2710. The SMILES string of the molecule is C/C=C\C=C(/C)n1c2ccccc2c2cc(-c3ccc4sc5ccc(-c6cc(-c7ccccc7)nc(-c7ccccc7)n6)cc5c4c3)ccc21. The van der Waals surface area contributed by atoms with Gasteiger partial charge in [-0.2, -0.15) is 0 Å². The Balaban J connectivity index is 1.18. The molecule has 0 fully saturated rings. The lowest BCUT2D eigenvalue weighted by molar-refractivity contribution is 1.18. The number of para-hydroxylation sites is 1. The lowest BCUT2D eigenvalue weighted by Gasteiger charge is -2.10. The molecule has 9 aromatic rings. The summed E-state index contributed by atoms with van der Waals surface area (Å²) in [4.78, 5) is 10.1. The number of thiophene rings is 1. The molecule has 3 nitrogen and oxygen atoms in total. The molecule has 0 aliphatic rings. The van der Waals surface area contributed by atoms with Crippen molar-refractivity contribution in [1.82, 2.24) is 14.5 Å². The summed E-state index contributed by atoms with van der Waals surface area (Å²) in [5.74, 6) is 0.726. The minimum atomic E-state index is 0.726. The molecule has 3 aromatic heterocycles. The molecule has 0 bridgehead atoms. The highest BCUT2D eigenvalue weighted by atomic mass is 32.1. The zero-order valence-electron chi connectivity index (χ0n) is 27.8. The molecular formula is C46H33N3S. The average Bonchev–Trinajstić information content (AvgIpc) is 3.72. The third kappa shape index (κ3) is 5.22. The quantitative estimate of drug-likeness (QED) is 0.166. The van der Waals surface area contributed by atoms with Gasteiger partial charge in [0.25, 0.3) is 0 Å². The van der Waals surface area contributed by atoms with Crippen LogP contribution in [-0.4, -0.2) is 14.5 Å². The third-order valence-corrected chi connectivity index (χ3v) is 10.6. The first-order chi connectivity index (χ1) is 24.6. The van der Waals surface area contributed by atoms with Crippen molar-refractivity contribution in [3.8, 4) is 45.0 Å². The minimum absolute atomic E-state index is 0.726. The standard InChI is InChI=1S/C46H33N3S/c1-3-4-13-30(2)49-42-19-12-11-18-36(42)37-26-33(20-23-43(37)49)34-21-24-44-38(27-34)39-28-35(22-25-45(39)50-44)41-29-40(31-14-7-5-8-15-31)47-46(48-41)32-16-9-6-10-17-32/h3-29H,1-2H3/b4-3-,30-13+. The van der Waals surface area contributed by atoms with E-state index in [1.165, 1.54) is 58.8 Å². The summed E-state index contributed by atoms with van der Waals surface area (Å²) >= 11 is 1.84. The molecule has 0 unspecified atom stereocenters. The first kappa shape index (κ1) is 30.0. The Labute approximate surface area is 295 Å². The first-order valence-electron chi connectivity index (χ1n) is 16.9. The molecular weight excluding hydrogens is 627 g/mol. The summed E-state index contributed by atoms with van der Waals surface area (Å²) < 4.78 is 4.91. The average molecular weight is 660 g/mol. The summed E-state index contributed by atoms with van der Waals surface area (Å²) in [6.45, 7) is 4.23. The molecule has 0 amide bonds. The summed E-state index contributed by atoms with van der Waals surface area (Å²) in [7, 11) is 0. The molecule has 3 heterocycles. The van der Waals surface area contributed by atoms with Gasteiger partial charge in [0.05, 0.1) is 22.4 Å². The van der Waals surface area contributed by atoms with E-state index in [2.05, 4.69) is 158 Å². The smallest absolute Gasteiger partial charge is 0.160 e. The molecule has 0 aliphatic heterocycles. The molecule has 238 valence electrons. The van der Waals surface area contributed by atoms with Crippen molar-refractivity contribution in [2.75, 3.05) is 0 Å². The van der Waals surface area contributed by atoms with Crippen LogP contribution in [0.1, 0.15) is 13.8 Å². The normalized spacial score (nSPS) is 12.2. The van der Waals surface area contributed by atoms with Crippen LogP contribution < -0.4 is 0 Å². The highest BCUT2D eigenvalue weighted by molar-refractivity contribution is 7.25.